The number of H-pyrrole nitrogens is 1. The highest BCUT2D eigenvalue weighted by molar-refractivity contribution is 6.11. The van der Waals surface area contributed by atoms with Gasteiger partial charge >= 0.3 is 5.97 Å². The number of benzene rings is 2. The number of piperidine rings is 1. The lowest BCUT2D eigenvalue weighted by Crippen LogP contribution is -2.38. The van der Waals surface area contributed by atoms with Crippen LogP contribution in [0.25, 0.3) is 22.0 Å². The Morgan fingerprint density at radius 3 is 2.62 bits per heavy atom. The molecule has 5 rings (SSSR count). The van der Waals surface area contributed by atoms with Crippen LogP contribution < -0.4 is 4.90 Å². The van der Waals surface area contributed by atoms with E-state index in [0.717, 1.165) is 27.7 Å². The molecule has 1 saturated heterocycles. The minimum atomic E-state index is -0.838. The fourth-order valence-corrected chi connectivity index (χ4v) is 4.42. The standard InChI is InChI=1S/C25H25N3O4/c1-15-22(18-7-3-4-8-19(18)26-15)23(29)16(2)31-24(30)17-11-13-28(14-12-17)25-27-20-9-5-6-10-21(20)32-25/h3-10,16-17,26H,11-14H2,1-2H3. The average molecular weight is 431 g/mol. The number of nitrogens with one attached hydrogen (secondary N) is 1. The molecule has 1 fully saturated rings. The van der Waals surface area contributed by atoms with E-state index < -0.39 is 6.10 Å². The summed E-state index contributed by atoms with van der Waals surface area (Å²) in [6, 6.07) is 15.9. The van der Waals surface area contributed by atoms with Gasteiger partial charge in [0.05, 0.1) is 5.92 Å². The number of carbonyl (C=O) groups is 2. The van der Waals surface area contributed by atoms with E-state index in [1.165, 1.54) is 0 Å². The molecule has 2 aromatic heterocycles. The van der Waals surface area contributed by atoms with Gasteiger partial charge < -0.3 is 19.0 Å². The molecule has 32 heavy (non-hydrogen) atoms. The Morgan fingerprint density at radius 1 is 1.12 bits per heavy atom. The molecule has 2 aromatic carbocycles. The van der Waals surface area contributed by atoms with E-state index in [1.807, 2.05) is 60.4 Å². The number of hydrogen-bond acceptors (Lipinski definition) is 6. The van der Waals surface area contributed by atoms with Crippen molar-refractivity contribution in [2.75, 3.05) is 18.0 Å². The molecule has 7 heteroatoms. The number of anilines is 1. The summed E-state index contributed by atoms with van der Waals surface area (Å²) in [5.74, 6) is -0.743. The SMILES string of the molecule is Cc1[nH]c2ccccc2c1C(=O)C(C)OC(=O)C1CCN(c2nc3ccccc3o2)CC1. The zero-order valence-corrected chi connectivity index (χ0v) is 18.1. The van der Waals surface area contributed by atoms with E-state index in [1.54, 1.807) is 6.92 Å². The van der Waals surface area contributed by atoms with Crippen LogP contribution in [0, 0.1) is 12.8 Å². The summed E-state index contributed by atoms with van der Waals surface area (Å²) in [5.41, 5.74) is 3.85. The Balaban J connectivity index is 1.21. The van der Waals surface area contributed by atoms with Crippen molar-refractivity contribution in [1.82, 2.24) is 9.97 Å². The van der Waals surface area contributed by atoms with Crippen LogP contribution in [0.1, 0.15) is 35.8 Å². The largest absolute Gasteiger partial charge is 0.454 e. The van der Waals surface area contributed by atoms with Gasteiger partial charge in [-0.3, -0.25) is 9.59 Å². The molecule has 4 aromatic rings. The highest BCUT2D eigenvalue weighted by Gasteiger charge is 2.31. The molecule has 1 atom stereocenters. The van der Waals surface area contributed by atoms with Gasteiger partial charge in [0, 0.05) is 35.2 Å². The molecule has 1 N–H and O–H groups in total. The van der Waals surface area contributed by atoms with E-state index in [2.05, 4.69) is 9.97 Å². The van der Waals surface area contributed by atoms with Crippen molar-refractivity contribution < 1.29 is 18.7 Å². The Labute approximate surface area is 185 Å². The second kappa shape index (κ2) is 8.15. The van der Waals surface area contributed by atoms with Crippen LogP contribution in [0.2, 0.25) is 0 Å². The van der Waals surface area contributed by atoms with Gasteiger partial charge in [-0.15, -0.1) is 0 Å². The van der Waals surface area contributed by atoms with Crippen LogP contribution >= 0.6 is 0 Å². The smallest absolute Gasteiger partial charge is 0.309 e. The number of hydrogen-bond donors (Lipinski definition) is 1. The number of aromatic amines is 1. The molecule has 0 saturated carbocycles. The fraction of sp³-hybridized carbons (Fsp3) is 0.320. The minimum absolute atomic E-state index is 0.183. The zero-order valence-electron chi connectivity index (χ0n) is 18.1. The van der Waals surface area contributed by atoms with Crippen molar-refractivity contribution in [3.8, 4) is 0 Å². The van der Waals surface area contributed by atoms with Gasteiger partial charge in [0.1, 0.15) is 5.52 Å². The predicted octanol–water partition coefficient (Wildman–Crippen LogP) is 4.65. The summed E-state index contributed by atoms with van der Waals surface area (Å²) in [7, 11) is 0. The first kappa shape index (κ1) is 20.3. The van der Waals surface area contributed by atoms with Crippen LogP contribution in [0.5, 0.6) is 0 Å². The first-order valence-electron chi connectivity index (χ1n) is 10.9. The summed E-state index contributed by atoms with van der Waals surface area (Å²) in [4.78, 5) is 35.6. The molecule has 164 valence electrons. The van der Waals surface area contributed by atoms with Crippen LogP contribution in [-0.2, 0) is 9.53 Å². The fourth-order valence-electron chi connectivity index (χ4n) is 4.42. The number of oxazole rings is 1. The number of carbonyl (C=O) groups excluding carboxylic acids is 2. The van der Waals surface area contributed by atoms with Gasteiger partial charge in [0.2, 0.25) is 5.78 Å². The summed E-state index contributed by atoms with van der Waals surface area (Å²) in [6.07, 6.45) is 0.422. The highest BCUT2D eigenvalue weighted by atomic mass is 16.5. The monoisotopic (exact) mass is 431 g/mol. The number of aromatic nitrogens is 2. The van der Waals surface area contributed by atoms with E-state index in [-0.39, 0.29) is 17.7 Å². The van der Waals surface area contributed by atoms with E-state index >= 15 is 0 Å². The van der Waals surface area contributed by atoms with Crippen LogP contribution in [0.3, 0.4) is 0 Å². The molecular weight excluding hydrogens is 406 g/mol. The summed E-state index contributed by atoms with van der Waals surface area (Å²) < 4.78 is 11.4. The number of rotatable bonds is 5. The minimum Gasteiger partial charge on any atom is -0.454 e. The van der Waals surface area contributed by atoms with Crippen molar-refractivity contribution >= 4 is 39.8 Å². The first-order chi connectivity index (χ1) is 15.5. The first-order valence-corrected chi connectivity index (χ1v) is 10.9. The number of Topliss-reactive ketones (excluding diaryl/α,β-unsaturated/α-hetero) is 1. The van der Waals surface area contributed by atoms with Gasteiger partial charge in [-0.05, 0) is 44.9 Å². The Kier molecular flexibility index (Phi) is 5.17. The quantitative estimate of drug-likeness (QED) is 0.366. The molecule has 1 unspecified atom stereocenters. The number of para-hydroxylation sites is 3. The molecular formula is C25H25N3O4. The zero-order chi connectivity index (χ0) is 22.2. The van der Waals surface area contributed by atoms with Crippen molar-refractivity contribution in [2.24, 2.45) is 5.92 Å². The summed E-state index contributed by atoms with van der Waals surface area (Å²) >= 11 is 0. The molecule has 3 heterocycles. The molecule has 0 spiro atoms. The molecule has 1 aliphatic rings. The summed E-state index contributed by atoms with van der Waals surface area (Å²) in [5, 5.41) is 0.851. The molecule has 1 aliphatic heterocycles. The van der Waals surface area contributed by atoms with Crippen molar-refractivity contribution in [2.45, 2.75) is 32.8 Å². The van der Waals surface area contributed by atoms with Crippen molar-refractivity contribution in [1.29, 1.82) is 0 Å². The number of esters is 1. The van der Waals surface area contributed by atoms with Crippen LogP contribution in [0.15, 0.2) is 52.9 Å². The number of ketones is 1. The highest BCUT2D eigenvalue weighted by Crippen LogP contribution is 2.28. The van der Waals surface area contributed by atoms with Crippen molar-refractivity contribution in [3.05, 3.63) is 59.8 Å². The van der Waals surface area contributed by atoms with E-state index in [4.69, 9.17) is 9.15 Å². The maximum atomic E-state index is 13.1. The Morgan fingerprint density at radius 2 is 1.84 bits per heavy atom. The number of fused-ring (bicyclic) bond motifs is 2. The van der Waals surface area contributed by atoms with Crippen LogP contribution in [-0.4, -0.2) is 40.9 Å². The number of aryl methyl sites for hydroxylation is 1. The van der Waals surface area contributed by atoms with Gasteiger partial charge in [0.15, 0.2) is 11.7 Å². The molecule has 0 amide bonds. The molecule has 7 nitrogen and oxygen atoms in total. The molecule has 0 bridgehead atoms. The van der Waals surface area contributed by atoms with Crippen molar-refractivity contribution in [3.63, 3.8) is 0 Å². The lowest BCUT2D eigenvalue weighted by atomic mass is 9.97. The van der Waals surface area contributed by atoms with Gasteiger partial charge in [0.25, 0.3) is 6.01 Å². The van der Waals surface area contributed by atoms with E-state index in [0.29, 0.717) is 37.5 Å². The predicted molar refractivity (Wildman–Crippen MR) is 122 cm³/mol. The normalized spacial score (nSPS) is 15.9. The third-order valence-electron chi connectivity index (χ3n) is 6.18. The van der Waals surface area contributed by atoms with Crippen LogP contribution in [0.4, 0.5) is 6.01 Å². The van der Waals surface area contributed by atoms with Gasteiger partial charge in [-0.2, -0.15) is 4.98 Å². The maximum Gasteiger partial charge on any atom is 0.309 e. The Hall–Kier alpha value is -3.61. The third-order valence-corrected chi connectivity index (χ3v) is 6.18. The Bertz CT molecular complexity index is 1260. The number of nitrogens with zero attached hydrogens (tertiary/aromatic N) is 2. The number of ether oxygens (including phenoxy) is 1. The second-order valence-electron chi connectivity index (χ2n) is 8.34. The topological polar surface area (TPSA) is 88.4 Å². The lowest BCUT2D eigenvalue weighted by Gasteiger charge is -2.30. The summed E-state index contributed by atoms with van der Waals surface area (Å²) in [6.45, 7) is 4.81. The molecule has 0 aliphatic carbocycles. The van der Waals surface area contributed by atoms with E-state index in [9.17, 15) is 9.59 Å². The molecule has 0 radical (unpaired) electrons. The second-order valence-corrected chi connectivity index (χ2v) is 8.34. The van der Waals surface area contributed by atoms with Gasteiger partial charge in [-0.25, -0.2) is 0 Å². The maximum absolute atomic E-state index is 13.1. The lowest BCUT2D eigenvalue weighted by molar-refractivity contribution is -0.152. The van der Waals surface area contributed by atoms with Gasteiger partial charge in [-0.1, -0.05) is 30.3 Å². The average Bonchev–Trinajstić information content (AvgIpc) is 3.39. The third kappa shape index (κ3) is 3.64.